The van der Waals surface area contributed by atoms with Crippen LogP contribution in [0, 0.1) is 0 Å². The molecule has 0 radical (unpaired) electrons. The third-order valence-electron chi connectivity index (χ3n) is 7.70. The van der Waals surface area contributed by atoms with Crippen molar-refractivity contribution in [2.45, 2.75) is 179 Å². The minimum atomic E-state index is -4.10. The second-order valence-electron chi connectivity index (χ2n) is 11.7. The van der Waals surface area contributed by atoms with Crippen LogP contribution in [-0.4, -0.2) is 24.0 Å². The number of allylic oxidation sites excluding steroid dienone is 2. The Morgan fingerprint density at radius 1 is 0.619 bits per heavy atom. The van der Waals surface area contributed by atoms with Gasteiger partial charge in [-0.3, -0.25) is 9.35 Å². The Balaban J connectivity index is 0.000000805. The molecule has 42 heavy (non-hydrogen) atoms. The molecule has 0 amide bonds. The minimum Gasteiger partial charge on any atom is -0.481 e. The van der Waals surface area contributed by atoms with Gasteiger partial charge in [-0.05, 0) is 56.6 Å². The van der Waals surface area contributed by atoms with E-state index in [1.807, 2.05) is 6.07 Å². The number of aliphatic carboxylic acids is 1. The Morgan fingerprint density at radius 2 is 1.02 bits per heavy atom. The quantitative estimate of drug-likeness (QED) is 0.0589. The van der Waals surface area contributed by atoms with Gasteiger partial charge in [-0.1, -0.05) is 153 Å². The second-order valence-corrected chi connectivity index (χ2v) is 13.1. The second kappa shape index (κ2) is 29.4. The first kappa shape index (κ1) is 40.3. The lowest BCUT2D eigenvalue weighted by atomic mass is 10.0. The topological polar surface area (TPSA) is 91.7 Å². The normalized spacial score (nSPS) is 11.5. The molecule has 0 unspecified atom stereocenters. The van der Waals surface area contributed by atoms with Gasteiger partial charge in [-0.2, -0.15) is 8.42 Å². The zero-order chi connectivity index (χ0) is 31.2. The Bertz CT molecular complexity index is 879. The van der Waals surface area contributed by atoms with Gasteiger partial charge >= 0.3 is 5.97 Å². The fourth-order valence-corrected chi connectivity index (χ4v) is 5.86. The Morgan fingerprint density at radius 3 is 1.48 bits per heavy atom. The van der Waals surface area contributed by atoms with Gasteiger partial charge in [-0.15, -0.1) is 0 Å². The molecule has 5 nitrogen and oxygen atoms in total. The first-order valence-electron chi connectivity index (χ1n) is 17.2. The molecule has 244 valence electrons. The first-order chi connectivity index (χ1) is 20.3. The van der Waals surface area contributed by atoms with E-state index in [-0.39, 0.29) is 4.90 Å². The van der Waals surface area contributed by atoms with Crippen LogP contribution in [0.2, 0.25) is 0 Å². The van der Waals surface area contributed by atoms with Crippen LogP contribution in [0.25, 0.3) is 0 Å². The van der Waals surface area contributed by atoms with Crippen molar-refractivity contribution in [3.05, 3.63) is 42.0 Å². The molecule has 2 N–H and O–H groups in total. The van der Waals surface area contributed by atoms with Crippen molar-refractivity contribution in [1.29, 1.82) is 0 Å². The number of carbonyl (C=O) groups is 1. The predicted molar refractivity (Wildman–Crippen MR) is 179 cm³/mol. The molecule has 1 rings (SSSR count). The summed E-state index contributed by atoms with van der Waals surface area (Å²) in [5, 5.41) is 8.51. The highest BCUT2D eigenvalue weighted by atomic mass is 32.2. The Kier molecular flexibility index (Phi) is 28.3. The summed E-state index contributed by atoms with van der Waals surface area (Å²) in [7, 11) is -4.10. The zero-order valence-corrected chi connectivity index (χ0v) is 28.0. The van der Waals surface area contributed by atoms with Gasteiger partial charge in [0.2, 0.25) is 0 Å². The van der Waals surface area contributed by atoms with Crippen LogP contribution in [0.4, 0.5) is 0 Å². The molecule has 0 saturated carbocycles. The third kappa shape index (κ3) is 27.2. The number of hydrogen-bond acceptors (Lipinski definition) is 3. The van der Waals surface area contributed by atoms with Crippen molar-refractivity contribution in [3.63, 3.8) is 0 Å². The maximum absolute atomic E-state index is 11.3. The zero-order valence-electron chi connectivity index (χ0n) is 27.2. The van der Waals surface area contributed by atoms with Gasteiger partial charge < -0.3 is 5.11 Å². The van der Waals surface area contributed by atoms with E-state index in [1.165, 1.54) is 128 Å². The highest BCUT2D eigenvalue weighted by molar-refractivity contribution is 7.85. The van der Waals surface area contributed by atoms with E-state index in [0.717, 1.165) is 31.2 Å². The van der Waals surface area contributed by atoms with E-state index in [1.54, 1.807) is 12.1 Å². The van der Waals surface area contributed by atoms with Gasteiger partial charge in [0.15, 0.2) is 0 Å². The molecule has 1 aromatic rings. The monoisotopic (exact) mass is 608 g/mol. The number of aryl methyl sites for hydroxylation is 1. The molecule has 0 aliphatic carbocycles. The fourth-order valence-electron chi connectivity index (χ4n) is 5.11. The van der Waals surface area contributed by atoms with Gasteiger partial charge in [0.25, 0.3) is 10.1 Å². The molecular formula is C36H64O5S. The van der Waals surface area contributed by atoms with Crippen molar-refractivity contribution in [1.82, 2.24) is 0 Å². The lowest BCUT2D eigenvalue weighted by molar-refractivity contribution is -0.137. The van der Waals surface area contributed by atoms with Gasteiger partial charge in [-0.25, -0.2) is 0 Å². The van der Waals surface area contributed by atoms with E-state index in [2.05, 4.69) is 26.0 Å². The highest BCUT2D eigenvalue weighted by Gasteiger charge is 2.13. The summed E-state index contributed by atoms with van der Waals surface area (Å²) in [6, 6.07) is 6.73. The smallest absolute Gasteiger partial charge is 0.303 e. The van der Waals surface area contributed by atoms with E-state index in [4.69, 9.17) is 5.11 Å². The summed E-state index contributed by atoms with van der Waals surface area (Å²) >= 11 is 0. The van der Waals surface area contributed by atoms with Gasteiger partial charge in [0.1, 0.15) is 0 Å². The van der Waals surface area contributed by atoms with Crippen LogP contribution in [0.15, 0.2) is 41.3 Å². The largest absolute Gasteiger partial charge is 0.481 e. The maximum atomic E-state index is 11.3. The maximum Gasteiger partial charge on any atom is 0.303 e. The highest BCUT2D eigenvalue weighted by Crippen LogP contribution is 2.18. The van der Waals surface area contributed by atoms with Crippen LogP contribution in [0.3, 0.4) is 0 Å². The van der Waals surface area contributed by atoms with E-state index < -0.39 is 16.1 Å². The Labute approximate surface area is 259 Å². The van der Waals surface area contributed by atoms with Crippen LogP contribution in [0.1, 0.15) is 174 Å². The number of benzene rings is 1. The van der Waals surface area contributed by atoms with Crippen LogP contribution < -0.4 is 0 Å². The van der Waals surface area contributed by atoms with Crippen molar-refractivity contribution in [3.8, 4) is 0 Å². The van der Waals surface area contributed by atoms with E-state index in [9.17, 15) is 17.8 Å². The summed E-state index contributed by atoms with van der Waals surface area (Å²) in [5.41, 5.74) is 0.726. The standard InChI is InChI=1S/C18H30O3S.C18H34O2/c1-2-3-4-5-6-7-8-9-10-11-14-17-15-12-13-16-18(17)22(19,20)21;1-2-3-4-5-6-7-8-9-10-11-12-13-14-15-16-17-18(19)20/h12-13,15-16H,2-11,14H2,1H3,(H,19,20,21);9-10H,2-8,11-17H2,1H3,(H,19,20). The van der Waals surface area contributed by atoms with Crippen molar-refractivity contribution >= 4 is 16.1 Å². The third-order valence-corrected chi connectivity index (χ3v) is 8.66. The van der Waals surface area contributed by atoms with Crippen LogP contribution in [0.5, 0.6) is 0 Å². The molecule has 0 fully saturated rings. The molecule has 0 aliphatic heterocycles. The molecule has 0 saturated heterocycles. The molecule has 0 bridgehead atoms. The lowest BCUT2D eigenvalue weighted by Crippen LogP contribution is -2.03. The van der Waals surface area contributed by atoms with E-state index in [0.29, 0.717) is 12.8 Å². The Hall–Kier alpha value is -1.66. The number of unbranched alkanes of at least 4 members (excludes halogenated alkanes) is 20. The molecule has 0 heterocycles. The summed E-state index contributed by atoms with van der Waals surface area (Å²) in [4.78, 5) is 10.4. The number of hydrogen-bond donors (Lipinski definition) is 2. The molecular weight excluding hydrogens is 544 g/mol. The van der Waals surface area contributed by atoms with Gasteiger partial charge in [0, 0.05) is 6.42 Å². The summed E-state index contributed by atoms with van der Waals surface area (Å²) in [5.74, 6) is -0.664. The SMILES string of the molecule is CCCCCCCCC=CCCCCCCCC(=O)O.CCCCCCCCCCCCc1ccccc1S(=O)(=O)O. The average molecular weight is 609 g/mol. The predicted octanol–water partition coefficient (Wildman–Crippen LogP) is 11.5. The van der Waals surface area contributed by atoms with E-state index >= 15 is 0 Å². The van der Waals surface area contributed by atoms with Gasteiger partial charge in [0.05, 0.1) is 4.90 Å². The van der Waals surface area contributed by atoms with Crippen molar-refractivity contribution in [2.24, 2.45) is 0 Å². The number of carboxylic acid groups (broad SMARTS) is 1. The molecule has 0 aromatic heterocycles. The average Bonchev–Trinajstić information content (AvgIpc) is 2.96. The van der Waals surface area contributed by atoms with Crippen LogP contribution in [-0.2, 0) is 21.3 Å². The summed E-state index contributed by atoms with van der Waals surface area (Å²) in [6.45, 7) is 4.50. The molecule has 0 spiro atoms. The molecule has 0 aliphatic rings. The minimum absolute atomic E-state index is 0.0610. The van der Waals surface area contributed by atoms with Crippen molar-refractivity contribution < 1.29 is 22.9 Å². The summed E-state index contributed by atoms with van der Waals surface area (Å²) < 4.78 is 31.8. The van der Waals surface area contributed by atoms with Crippen molar-refractivity contribution in [2.75, 3.05) is 0 Å². The lowest BCUT2D eigenvalue weighted by Gasteiger charge is -2.07. The molecule has 1 aromatic carbocycles. The molecule has 6 heteroatoms. The van der Waals surface area contributed by atoms with Crippen LogP contribution >= 0.6 is 0 Å². The number of carboxylic acids is 1. The molecule has 0 atom stereocenters. The first-order valence-corrected chi connectivity index (χ1v) is 18.7. The summed E-state index contributed by atoms with van der Waals surface area (Å²) in [6.07, 6.45) is 34.6. The fraction of sp³-hybridized carbons (Fsp3) is 0.750. The number of rotatable bonds is 27.